The molecule has 0 radical (unpaired) electrons. The maximum Gasteiger partial charge on any atom is 0.326 e. The number of fused-ring (bicyclic) bond motifs is 1. The Morgan fingerprint density at radius 2 is 1.69 bits per heavy atom. The average molecular weight is 499 g/mol. The van der Waals surface area contributed by atoms with Gasteiger partial charge in [0.25, 0.3) is 5.91 Å². The van der Waals surface area contributed by atoms with Crippen LogP contribution in [0.4, 0.5) is 0 Å². The van der Waals surface area contributed by atoms with E-state index in [1.807, 2.05) is 0 Å². The van der Waals surface area contributed by atoms with Crippen LogP contribution in [0.2, 0.25) is 10.0 Å². The first-order chi connectivity index (χ1) is 15.3. The summed E-state index contributed by atoms with van der Waals surface area (Å²) in [6.07, 6.45) is 0. The molecule has 1 aromatic heterocycles. The number of halogens is 2. The highest BCUT2D eigenvalue weighted by molar-refractivity contribution is 7.16. The van der Waals surface area contributed by atoms with Crippen LogP contribution in [-0.4, -0.2) is 44.4 Å². The summed E-state index contributed by atoms with van der Waals surface area (Å²) >= 11 is 13.7. The monoisotopic (exact) mass is 498 g/mol. The molecule has 2 aromatic carbocycles. The van der Waals surface area contributed by atoms with E-state index in [4.69, 9.17) is 42.1 Å². The van der Waals surface area contributed by atoms with Crippen LogP contribution in [0, 0.1) is 0 Å². The Balaban J connectivity index is 2.18. The molecule has 0 fully saturated rings. The number of hydrogen-bond acceptors (Lipinski definition) is 7. The lowest BCUT2D eigenvalue weighted by molar-refractivity contribution is -0.143. The summed E-state index contributed by atoms with van der Waals surface area (Å²) < 4.78 is 23.2. The Kier molecular flexibility index (Phi) is 7.65. The van der Waals surface area contributed by atoms with Crippen molar-refractivity contribution < 1.29 is 28.5 Å². The molecule has 0 aliphatic carbocycles. The summed E-state index contributed by atoms with van der Waals surface area (Å²) in [5.41, 5.74) is 0.745. The van der Waals surface area contributed by atoms with Gasteiger partial charge in [0.05, 0.1) is 43.2 Å². The summed E-state index contributed by atoms with van der Waals surface area (Å²) in [4.78, 5) is 29.7. The number of aromatic nitrogens is 1. The Morgan fingerprint density at radius 1 is 1.03 bits per heavy atom. The summed E-state index contributed by atoms with van der Waals surface area (Å²) in [5, 5.41) is 0.754. The van der Waals surface area contributed by atoms with Gasteiger partial charge < -0.3 is 23.5 Å². The van der Waals surface area contributed by atoms with Gasteiger partial charge in [-0.15, -0.1) is 0 Å². The van der Waals surface area contributed by atoms with Crippen molar-refractivity contribution in [2.75, 3.05) is 27.9 Å². The van der Waals surface area contributed by atoms with E-state index in [1.54, 1.807) is 19.1 Å². The number of esters is 1. The molecule has 1 heterocycles. The molecular formula is C21H20Cl2N2O6S. The minimum Gasteiger partial charge on any atom is -0.493 e. The molecule has 0 N–H and O–H groups in total. The second-order valence-corrected chi connectivity index (χ2v) is 8.19. The number of rotatable bonds is 7. The normalized spacial score (nSPS) is 11.5. The second-order valence-electron chi connectivity index (χ2n) is 6.34. The predicted molar refractivity (Wildman–Crippen MR) is 122 cm³/mol. The topological polar surface area (TPSA) is 88.4 Å². The van der Waals surface area contributed by atoms with Crippen molar-refractivity contribution >= 4 is 56.6 Å². The zero-order valence-electron chi connectivity index (χ0n) is 17.7. The molecule has 0 unspecified atom stereocenters. The van der Waals surface area contributed by atoms with Crippen LogP contribution in [0.15, 0.2) is 29.3 Å². The zero-order valence-corrected chi connectivity index (χ0v) is 20.1. The Hall–Kier alpha value is -2.75. The molecule has 3 aromatic rings. The molecule has 0 aliphatic rings. The van der Waals surface area contributed by atoms with E-state index in [-0.39, 0.29) is 23.5 Å². The van der Waals surface area contributed by atoms with Crippen molar-refractivity contribution in [3.63, 3.8) is 0 Å². The fourth-order valence-electron chi connectivity index (χ4n) is 3.05. The Labute approximate surface area is 197 Å². The van der Waals surface area contributed by atoms with E-state index < -0.39 is 11.9 Å². The standard InChI is InChI=1S/C21H20Cl2N2O6S/c1-5-31-17(26)10-25-18-13(23)8-12(22)9-16(18)32-21(25)24-20(27)11-6-14(28-2)19(30-4)15(7-11)29-3/h6-9H,5,10H2,1-4H3. The summed E-state index contributed by atoms with van der Waals surface area (Å²) in [7, 11) is 4.37. The van der Waals surface area contributed by atoms with Crippen LogP contribution in [0.1, 0.15) is 17.3 Å². The molecule has 0 aliphatic heterocycles. The maximum atomic E-state index is 13.0. The fraction of sp³-hybridized carbons (Fsp3) is 0.286. The predicted octanol–water partition coefficient (Wildman–Crippen LogP) is 4.34. The SMILES string of the molecule is CCOC(=O)Cn1c(=NC(=O)c2cc(OC)c(OC)c(OC)c2)sc2cc(Cl)cc(Cl)c21. The number of carbonyl (C=O) groups is 2. The first-order valence-corrected chi connectivity index (χ1v) is 10.9. The van der Waals surface area contributed by atoms with Crippen molar-refractivity contribution in [1.82, 2.24) is 4.57 Å². The summed E-state index contributed by atoms with van der Waals surface area (Å²) in [5.74, 6) is -0.0744. The van der Waals surface area contributed by atoms with Crippen LogP contribution < -0.4 is 19.0 Å². The van der Waals surface area contributed by atoms with Crippen molar-refractivity contribution in [2.24, 2.45) is 4.99 Å². The number of amides is 1. The number of thiazole rings is 1. The lowest BCUT2D eigenvalue weighted by Crippen LogP contribution is -2.23. The van der Waals surface area contributed by atoms with Crippen LogP contribution in [-0.2, 0) is 16.1 Å². The molecule has 8 nitrogen and oxygen atoms in total. The van der Waals surface area contributed by atoms with E-state index in [9.17, 15) is 9.59 Å². The number of benzene rings is 2. The van der Waals surface area contributed by atoms with E-state index in [0.717, 1.165) is 0 Å². The van der Waals surface area contributed by atoms with Gasteiger partial charge in [0.15, 0.2) is 16.3 Å². The molecule has 0 atom stereocenters. The highest BCUT2D eigenvalue weighted by atomic mass is 35.5. The number of carbonyl (C=O) groups excluding carboxylic acids is 2. The molecule has 0 saturated heterocycles. The smallest absolute Gasteiger partial charge is 0.326 e. The molecular weight excluding hydrogens is 479 g/mol. The van der Waals surface area contributed by atoms with E-state index in [0.29, 0.717) is 37.5 Å². The minimum atomic E-state index is -0.573. The Bertz CT molecular complexity index is 1230. The van der Waals surface area contributed by atoms with Crippen LogP contribution in [0.5, 0.6) is 17.2 Å². The fourth-order valence-corrected chi connectivity index (χ4v) is 4.86. The molecule has 170 valence electrons. The van der Waals surface area contributed by atoms with Crippen LogP contribution in [0.3, 0.4) is 0 Å². The van der Waals surface area contributed by atoms with Crippen LogP contribution >= 0.6 is 34.5 Å². The van der Waals surface area contributed by atoms with Gasteiger partial charge in [-0.1, -0.05) is 34.5 Å². The number of hydrogen-bond donors (Lipinski definition) is 0. The number of nitrogens with zero attached hydrogens (tertiary/aromatic N) is 2. The molecule has 0 spiro atoms. The van der Waals surface area contributed by atoms with Gasteiger partial charge in [-0.25, -0.2) is 0 Å². The van der Waals surface area contributed by atoms with Gasteiger partial charge in [0.2, 0.25) is 5.75 Å². The van der Waals surface area contributed by atoms with Gasteiger partial charge in [-0.05, 0) is 31.2 Å². The van der Waals surface area contributed by atoms with E-state index >= 15 is 0 Å². The second kappa shape index (κ2) is 10.2. The Morgan fingerprint density at radius 3 is 2.25 bits per heavy atom. The van der Waals surface area contributed by atoms with Crippen molar-refractivity contribution in [2.45, 2.75) is 13.5 Å². The highest BCUT2D eigenvalue weighted by Crippen LogP contribution is 2.38. The molecule has 0 saturated carbocycles. The van der Waals surface area contributed by atoms with E-state index in [1.165, 1.54) is 49.4 Å². The third-order valence-corrected chi connectivity index (χ3v) is 5.93. The van der Waals surface area contributed by atoms with Gasteiger partial charge in [0.1, 0.15) is 6.54 Å². The number of ether oxygens (including phenoxy) is 4. The minimum absolute atomic E-state index is 0.170. The highest BCUT2D eigenvalue weighted by Gasteiger charge is 2.19. The third-order valence-electron chi connectivity index (χ3n) is 4.40. The summed E-state index contributed by atoms with van der Waals surface area (Å²) in [6, 6.07) is 6.25. The van der Waals surface area contributed by atoms with E-state index in [2.05, 4.69) is 4.99 Å². The molecule has 32 heavy (non-hydrogen) atoms. The largest absolute Gasteiger partial charge is 0.493 e. The van der Waals surface area contributed by atoms with Crippen molar-refractivity contribution in [1.29, 1.82) is 0 Å². The molecule has 0 bridgehead atoms. The number of methoxy groups -OCH3 is 3. The average Bonchev–Trinajstić information content (AvgIpc) is 3.09. The van der Waals surface area contributed by atoms with Crippen LogP contribution in [0.25, 0.3) is 10.2 Å². The maximum absolute atomic E-state index is 13.0. The third kappa shape index (κ3) is 4.85. The molecule has 1 amide bonds. The van der Waals surface area contributed by atoms with Gasteiger partial charge >= 0.3 is 5.97 Å². The summed E-state index contributed by atoms with van der Waals surface area (Å²) in [6.45, 7) is 1.76. The van der Waals surface area contributed by atoms with Gasteiger partial charge in [0, 0.05) is 10.6 Å². The quantitative estimate of drug-likeness (QED) is 0.450. The van der Waals surface area contributed by atoms with Gasteiger partial charge in [-0.2, -0.15) is 4.99 Å². The molecule has 3 rings (SSSR count). The van der Waals surface area contributed by atoms with Gasteiger partial charge in [-0.3, -0.25) is 9.59 Å². The molecule has 11 heteroatoms. The first kappa shape index (κ1) is 23.9. The van der Waals surface area contributed by atoms with Crippen molar-refractivity contribution in [3.05, 3.63) is 44.7 Å². The zero-order chi connectivity index (χ0) is 23.4. The lowest BCUT2D eigenvalue weighted by Gasteiger charge is -2.12. The lowest BCUT2D eigenvalue weighted by atomic mass is 10.1. The van der Waals surface area contributed by atoms with Crippen molar-refractivity contribution in [3.8, 4) is 17.2 Å². The first-order valence-electron chi connectivity index (χ1n) is 9.36.